The lowest BCUT2D eigenvalue weighted by molar-refractivity contribution is -0.192. The monoisotopic (exact) mass is 444 g/mol. The number of para-hydroxylation sites is 1. The van der Waals surface area contributed by atoms with Gasteiger partial charge in [-0.2, -0.15) is 24.9 Å². The number of thiophene rings is 1. The number of alkyl halides is 3. The van der Waals surface area contributed by atoms with Gasteiger partial charge in [-0.05, 0) is 12.1 Å². The maximum Gasteiger partial charge on any atom is 0.490 e. The van der Waals surface area contributed by atoms with Crippen LogP contribution in [0.25, 0.3) is 21.0 Å². The minimum Gasteiger partial charge on any atom is -0.475 e. The molecule has 154 valence electrons. The summed E-state index contributed by atoms with van der Waals surface area (Å²) in [5, 5.41) is 8.73. The molecule has 0 atom stereocenters. The molecule has 0 spiro atoms. The molecule has 3 heterocycles. The number of amides is 1. The van der Waals surface area contributed by atoms with E-state index in [0.717, 1.165) is 40.2 Å². The summed E-state index contributed by atoms with van der Waals surface area (Å²) in [6, 6.07) is 9.46. The molecule has 1 amide bonds. The van der Waals surface area contributed by atoms with E-state index in [0.29, 0.717) is 10.3 Å². The molecular formula is C18H15F3N2O4S2. The molecule has 0 radical (unpaired) electrons. The minimum absolute atomic E-state index is 0.0463. The van der Waals surface area contributed by atoms with E-state index in [-0.39, 0.29) is 11.5 Å². The van der Waals surface area contributed by atoms with Crippen molar-refractivity contribution in [3.63, 3.8) is 0 Å². The molecular weight excluding hydrogens is 429 g/mol. The highest BCUT2D eigenvalue weighted by Gasteiger charge is 2.38. The lowest BCUT2D eigenvalue weighted by Gasteiger charge is -2.25. The molecule has 4 rings (SSSR count). The van der Waals surface area contributed by atoms with Gasteiger partial charge in [0.2, 0.25) is 0 Å². The van der Waals surface area contributed by atoms with Crippen LogP contribution in [0.2, 0.25) is 0 Å². The zero-order valence-electron chi connectivity index (χ0n) is 14.8. The van der Waals surface area contributed by atoms with Gasteiger partial charge in [-0.15, -0.1) is 11.3 Å². The summed E-state index contributed by atoms with van der Waals surface area (Å²) in [7, 11) is 0. The van der Waals surface area contributed by atoms with E-state index in [9.17, 15) is 22.8 Å². The number of benzene rings is 1. The molecule has 0 bridgehead atoms. The first-order valence-electron chi connectivity index (χ1n) is 8.40. The van der Waals surface area contributed by atoms with Crippen molar-refractivity contribution in [2.24, 2.45) is 0 Å². The predicted octanol–water partition coefficient (Wildman–Crippen LogP) is 3.57. The van der Waals surface area contributed by atoms with Crippen molar-refractivity contribution >= 4 is 56.0 Å². The van der Waals surface area contributed by atoms with E-state index in [4.69, 9.17) is 9.90 Å². The minimum atomic E-state index is -5.08. The number of carboxylic acids is 1. The van der Waals surface area contributed by atoms with Crippen LogP contribution in [-0.2, 0) is 4.79 Å². The molecule has 1 aliphatic heterocycles. The van der Waals surface area contributed by atoms with Gasteiger partial charge >= 0.3 is 12.1 Å². The van der Waals surface area contributed by atoms with Crippen LogP contribution >= 0.6 is 23.1 Å². The van der Waals surface area contributed by atoms with Gasteiger partial charge in [0, 0.05) is 40.2 Å². The number of hydrogen-bond acceptors (Lipinski definition) is 5. The number of fused-ring (bicyclic) bond motifs is 3. The number of carbonyl (C=O) groups is 2. The summed E-state index contributed by atoms with van der Waals surface area (Å²) in [6.07, 6.45) is -5.08. The van der Waals surface area contributed by atoms with Gasteiger partial charge < -0.3 is 15.0 Å². The van der Waals surface area contributed by atoms with Crippen LogP contribution in [-0.4, -0.2) is 57.6 Å². The Morgan fingerprint density at radius 1 is 1.10 bits per heavy atom. The first-order chi connectivity index (χ1) is 13.7. The molecule has 2 N–H and O–H groups in total. The van der Waals surface area contributed by atoms with Crippen molar-refractivity contribution in [2.75, 3.05) is 24.6 Å². The van der Waals surface area contributed by atoms with Crippen molar-refractivity contribution in [3.8, 4) is 0 Å². The fourth-order valence-electron chi connectivity index (χ4n) is 2.77. The van der Waals surface area contributed by atoms with Crippen LogP contribution in [0.1, 0.15) is 9.67 Å². The number of rotatable bonds is 1. The summed E-state index contributed by atoms with van der Waals surface area (Å²) in [5.41, 5.74) is 0.688. The molecule has 1 aliphatic rings. The molecule has 6 nitrogen and oxygen atoms in total. The topological polar surface area (TPSA) is 90.5 Å². The molecule has 3 aromatic rings. The third kappa shape index (κ3) is 4.73. The smallest absolute Gasteiger partial charge is 0.475 e. The van der Waals surface area contributed by atoms with Crippen LogP contribution in [0, 0.1) is 0 Å². The fraction of sp³-hybridized carbons (Fsp3) is 0.278. The number of nitrogens with zero attached hydrogens (tertiary/aromatic N) is 1. The molecule has 0 aliphatic carbocycles. The average Bonchev–Trinajstić information content (AvgIpc) is 3.14. The second-order valence-electron chi connectivity index (χ2n) is 6.06. The van der Waals surface area contributed by atoms with Crippen molar-refractivity contribution in [1.29, 1.82) is 0 Å². The number of thioether (sulfide) groups is 1. The molecule has 1 aromatic carbocycles. The van der Waals surface area contributed by atoms with E-state index < -0.39 is 12.1 Å². The number of carboxylic acid groups (broad SMARTS) is 1. The highest BCUT2D eigenvalue weighted by atomic mass is 32.2. The fourth-order valence-corrected chi connectivity index (χ4v) is 4.83. The van der Waals surface area contributed by atoms with E-state index in [1.165, 1.54) is 11.3 Å². The van der Waals surface area contributed by atoms with Gasteiger partial charge in [0.15, 0.2) is 0 Å². The SMILES string of the molecule is O=C(O)C(F)(F)F.O=C(c1cc2c(=O)[nH]c3ccccc3c2s1)N1CCSCC1. The summed E-state index contributed by atoms with van der Waals surface area (Å²) < 4.78 is 32.6. The van der Waals surface area contributed by atoms with Gasteiger partial charge in [0.05, 0.1) is 10.3 Å². The number of halogens is 3. The normalized spacial score (nSPS) is 14.5. The van der Waals surface area contributed by atoms with Crippen LogP contribution in [0.15, 0.2) is 35.1 Å². The summed E-state index contributed by atoms with van der Waals surface area (Å²) >= 11 is 3.30. The van der Waals surface area contributed by atoms with Gasteiger partial charge in [0.25, 0.3) is 11.5 Å². The lowest BCUT2D eigenvalue weighted by Crippen LogP contribution is -2.37. The molecule has 0 unspecified atom stereocenters. The summed E-state index contributed by atoms with van der Waals surface area (Å²) in [6.45, 7) is 1.57. The maximum absolute atomic E-state index is 12.6. The Morgan fingerprint density at radius 3 is 2.34 bits per heavy atom. The molecule has 29 heavy (non-hydrogen) atoms. The van der Waals surface area contributed by atoms with Crippen molar-refractivity contribution in [3.05, 3.63) is 45.6 Å². The Balaban J connectivity index is 0.000000298. The predicted molar refractivity (Wildman–Crippen MR) is 107 cm³/mol. The zero-order chi connectivity index (χ0) is 21.2. The third-order valence-electron chi connectivity index (χ3n) is 4.15. The molecule has 0 saturated carbocycles. The van der Waals surface area contributed by atoms with Crippen molar-refractivity contribution in [2.45, 2.75) is 6.18 Å². The van der Waals surface area contributed by atoms with E-state index in [1.54, 1.807) is 6.07 Å². The Hall–Kier alpha value is -2.53. The number of pyridine rings is 1. The van der Waals surface area contributed by atoms with Crippen LogP contribution < -0.4 is 5.56 Å². The summed E-state index contributed by atoms with van der Waals surface area (Å²) in [4.78, 5) is 39.2. The number of carbonyl (C=O) groups excluding carboxylic acids is 1. The number of aromatic nitrogens is 1. The van der Waals surface area contributed by atoms with E-state index >= 15 is 0 Å². The Morgan fingerprint density at radius 2 is 1.72 bits per heavy atom. The van der Waals surface area contributed by atoms with E-state index in [2.05, 4.69) is 4.98 Å². The molecule has 2 aromatic heterocycles. The average molecular weight is 444 g/mol. The Labute approximate surface area is 170 Å². The quantitative estimate of drug-likeness (QED) is 0.599. The van der Waals surface area contributed by atoms with Gasteiger partial charge in [-0.3, -0.25) is 9.59 Å². The largest absolute Gasteiger partial charge is 0.490 e. The second kappa shape index (κ2) is 8.46. The number of aliphatic carboxylic acids is 1. The van der Waals surface area contributed by atoms with Crippen LogP contribution in [0.3, 0.4) is 0 Å². The highest BCUT2D eigenvalue weighted by Crippen LogP contribution is 2.30. The number of H-pyrrole nitrogens is 1. The van der Waals surface area contributed by atoms with Crippen LogP contribution in [0.5, 0.6) is 0 Å². The second-order valence-corrected chi connectivity index (χ2v) is 8.34. The standard InChI is InChI=1S/C16H14N2O2S2.C2HF3O2/c19-15-11-9-13(16(20)18-5-7-21-8-6-18)22-14(11)10-3-1-2-4-12(10)17-15;3-2(4,5)1(6)7/h1-4,9H,5-8H2,(H,17,19);(H,6,7). The van der Waals surface area contributed by atoms with E-state index in [1.807, 2.05) is 40.9 Å². The van der Waals surface area contributed by atoms with Crippen LogP contribution in [0.4, 0.5) is 13.2 Å². The van der Waals surface area contributed by atoms with Crippen molar-refractivity contribution in [1.82, 2.24) is 9.88 Å². The Bertz CT molecular complexity index is 1120. The zero-order valence-corrected chi connectivity index (χ0v) is 16.4. The first kappa shape index (κ1) is 21.2. The number of nitrogens with one attached hydrogen (secondary N) is 1. The lowest BCUT2D eigenvalue weighted by atomic mass is 10.2. The summed E-state index contributed by atoms with van der Waals surface area (Å²) in [5.74, 6) is -0.738. The number of aromatic amines is 1. The molecule has 1 saturated heterocycles. The van der Waals surface area contributed by atoms with Gasteiger partial charge in [-0.1, -0.05) is 18.2 Å². The third-order valence-corrected chi connectivity index (χ3v) is 6.25. The van der Waals surface area contributed by atoms with Crippen molar-refractivity contribution < 1.29 is 27.9 Å². The maximum atomic E-state index is 12.6. The van der Waals surface area contributed by atoms with Gasteiger partial charge in [-0.25, -0.2) is 4.79 Å². The highest BCUT2D eigenvalue weighted by molar-refractivity contribution is 7.99. The Kier molecular flexibility index (Phi) is 6.18. The number of hydrogen-bond donors (Lipinski definition) is 2. The first-order valence-corrected chi connectivity index (χ1v) is 10.4. The molecule has 1 fully saturated rings. The van der Waals surface area contributed by atoms with Gasteiger partial charge in [0.1, 0.15) is 0 Å². The molecule has 11 heteroatoms.